The topological polar surface area (TPSA) is 93.2 Å². The number of anilines is 1. The molecule has 2 rings (SSSR count). The Bertz CT molecular complexity index is 854. The minimum atomic E-state index is -4.46. The summed E-state index contributed by atoms with van der Waals surface area (Å²) in [7, 11) is 0. The third-order valence-electron chi connectivity index (χ3n) is 3.44. The largest absolute Gasteiger partial charge is 0.483 e. The SMILES string of the molecule is C=CC(=O)Nc1cc(C(C)NC(=O)c2ccc(OCC(F)(F)F)cn2)ccn1. The number of halogens is 3. The smallest absolute Gasteiger partial charge is 0.422 e. The summed E-state index contributed by atoms with van der Waals surface area (Å²) < 4.78 is 40.9. The van der Waals surface area contributed by atoms with Crippen LogP contribution in [0.15, 0.2) is 49.3 Å². The first-order valence-electron chi connectivity index (χ1n) is 8.04. The fourth-order valence-electron chi connectivity index (χ4n) is 2.08. The minimum absolute atomic E-state index is 0.0143. The van der Waals surface area contributed by atoms with E-state index in [0.717, 1.165) is 12.3 Å². The molecule has 0 aliphatic rings. The summed E-state index contributed by atoms with van der Waals surface area (Å²) in [5.74, 6) is -0.742. The number of carbonyl (C=O) groups excluding carboxylic acids is 2. The predicted octanol–water partition coefficient (Wildman–Crippen LogP) is 3.03. The Balaban J connectivity index is 1.99. The summed E-state index contributed by atoms with van der Waals surface area (Å²) in [4.78, 5) is 31.4. The van der Waals surface area contributed by atoms with Crippen LogP contribution < -0.4 is 15.4 Å². The van der Waals surface area contributed by atoms with Crippen LogP contribution in [0.1, 0.15) is 29.0 Å². The zero-order valence-corrected chi connectivity index (χ0v) is 14.8. The predicted molar refractivity (Wildman–Crippen MR) is 94.7 cm³/mol. The summed E-state index contributed by atoms with van der Waals surface area (Å²) in [6.45, 7) is 3.62. The Morgan fingerprint density at radius 1 is 1.29 bits per heavy atom. The second-order valence-electron chi connectivity index (χ2n) is 5.65. The van der Waals surface area contributed by atoms with E-state index in [-0.39, 0.29) is 11.4 Å². The van der Waals surface area contributed by atoms with Gasteiger partial charge < -0.3 is 15.4 Å². The van der Waals surface area contributed by atoms with Crippen molar-refractivity contribution in [1.29, 1.82) is 0 Å². The molecule has 1 atom stereocenters. The lowest BCUT2D eigenvalue weighted by Crippen LogP contribution is -2.27. The number of ether oxygens (including phenoxy) is 1. The van der Waals surface area contributed by atoms with Crippen LogP contribution in [0.2, 0.25) is 0 Å². The van der Waals surface area contributed by atoms with Gasteiger partial charge in [0.15, 0.2) is 6.61 Å². The molecule has 0 saturated carbocycles. The Kier molecular flexibility index (Phi) is 6.69. The van der Waals surface area contributed by atoms with Crippen LogP contribution in [-0.4, -0.2) is 34.6 Å². The molecular formula is C18H17F3N4O3. The molecule has 0 saturated heterocycles. The van der Waals surface area contributed by atoms with Crippen molar-refractivity contribution < 1.29 is 27.5 Å². The Labute approximate surface area is 158 Å². The molecular weight excluding hydrogens is 377 g/mol. The molecule has 0 radical (unpaired) electrons. The zero-order valence-electron chi connectivity index (χ0n) is 14.8. The first kappa shape index (κ1) is 20.9. The van der Waals surface area contributed by atoms with Crippen LogP contribution in [-0.2, 0) is 4.79 Å². The number of hydrogen-bond donors (Lipinski definition) is 2. The molecule has 10 heteroatoms. The molecule has 0 spiro atoms. The summed E-state index contributed by atoms with van der Waals surface area (Å²) >= 11 is 0. The highest BCUT2D eigenvalue weighted by Crippen LogP contribution is 2.19. The molecule has 2 N–H and O–H groups in total. The van der Waals surface area contributed by atoms with Gasteiger partial charge in [-0.2, -0.15) is 13.2 Å². The number of nitrogens with one attached hydrogen (secondary N) is 2. The second-order valence-corrected chi connectivity index (χ2v) is 5.65. The summed E-state index contributed by atoms with van der Waals surface area (Å²) in [5, 5.41) is 5.21. The zero-order chi connectivity index (χ0) is 20.7. The maximum absolute atomic E-state index is 12.3. The van der Waals surface area contributed by atoms with Crippen LogP contribution in [0.3, 0.4) is 0 Å². The quantitative estimate of drug-likeness (QED) is 0.704. The van der Waals surface area contributed by atoms with Crippen LogP contribution in [0.5, 0.6) is 5.75 Å². The lowest BCUT2D eigenvalue weighted by Gasteiger charge is -2.15. The number of hydrogen-bond acceptors (Lipinski definition) is 5. The second kappa shape index (κ2) is 8.98. The first-order chi connectivity index (χ1) is 13.2. The number of nitrogens with zero attached hydrogens (tertiary/aromatic N) is 2. The van der Waals surface area contributed by atoms with Gasteiger partial charge in [0.2, 0.25) is 5.91 Å². The molecule has 0 aliphatic heterocycles. The van der Waals surface area contributed by atoms with Gasteiger partial charge in [-0.15, -0.1) is 0 Å². The fourth-order valence-corrected chi connectivity index (χ4v) is 2.08. The van der Waals surface area contributed by atoms with Crippen molar-refractivity contribution in [1.82, 2.24) is 15.3 Å². The van der Waals surface area contributed by atoms with Crippen LogP contribution in [0.4, 0.5) is 19.0 Å². The van der Waals surface area contributed by atoms with Crippen molar-refractivity contribution >= 4 is 17.6 Å². The average molecular weight is 394 g/mol. The molecule has 7 nitrogen and oxygen atoms in total. The molecule has 2 aromatic heterocycles. The van der Waals surface area contributed by atoms with Gasteiger partial charge >= 0.3 is 6.18 Å². The van der Waals surface area contributed by atoms with E-state index in [0.29, 0.717) is 11.4 Å². The van der Waals surface area contributed by atoms with E-state index in [4.69, 9.17) is 0 Å². The number of rotatable bonds is 7. The first-order valence-corrected chi connectivity index (χ1v) is 8.04. The number of amides is 2. The van der Waals surface area contributed by atoms with Crippen molar-refractivity contribution in [2.24, 2.45) is 0 Å². The van der Waals surface area contributed by atoms with Crippen molar-refractivity contribution in [3.05, 3.63) is 60.6 Å². The molecule has 0 aliphatic carbocycles. The van der Waals surface area contributed by atoms with E-state index >= 15 is 0 Å². The molecule has 148 valence electrons. The maximum Gasteiger partial charge on any atom is 0.422 e. The molecule has 0 fully saturated rings. The van der Waals surface area contributed by atoms with Crippen LogP contribution >= 0.6 is 0 Å². The lowest BCUT2D eigenvalue weighted by atomic mass is 10.1. The number of carbonyl (C=O) groups is 2. The van der Waals surface area contributed by atoms with Gasteiger partial charge in [-0.05, 0) is 42.8 Å². The van der Waals surface area contributed by atoms with E-state index in [1.165, 1.54) is 18.3 Å². The highest BCUT2D eigenvalue weighted by atomic mass is 19.4. The normalized spacial score (nSPS) is 12.0. The minimum Gasteiger partial charge on any atom is -0.483 e. The van der Waals surface area contributed by atoms with E-state index in [2.05, 4.69) is 31.9 Å². The molecule has 0 bridgehead atoms. The van der Waals surface area contributed by atoms with E-state index in [9.17, 15) is 22.8 Å². The molecule has 0 aromatic carbocycles. The lowest BCUT2D eigenvalue weighted by molar-refractivity contribution is -0.153. The van der Waals surface area contributed by atoms with Crippen LogP contribution in [0, 0.1) is 0 Å². The fraction of sp³-hybridized carbons (Fsp3) is 0.222. The number of alkyl halides is 3. The van der Waals surface area contributed by atoms with Crippen molar-refractivity contribution in [2.75, 3.05) is 11.9 Å². The third kappa shape index (κ3) is 6.38. The van der Waals surface area contributed by atoms with Gasteiger partial charge in [-0.25, -0.2) is 9.97 Å². The summed E-state index contributed by atoms with van der Waals surface area (Å²) in [5.41, 5.74) is 0.688. The summed E-state index contributed by atoms with van der Waals surface area (Å²) in [6.07, 6.45) is -0.838. The van der Waals surface area contributed by atoms with Gasteiger partial charge in [0.25, 0.3) is 5.91 Å². The van der Waals surface area contributed by atoms with E-state index in [1.807, 2.05) is 0 Å². The van der Waals surface area contributed by atoms with Crippen molar-refractivity contribution in [3.8, 4) is 5.75 Å². The monoisotopic (exact) mass is 394 g/mol. The van der Waals surface area contributed by atoms with Gasteiger partial charge in [-0.1, -0.05) is 6.58 Å². The van der Waals surface area contributed by atoms with E-state index in [1.54, 1.807) is 19.1 Å². The third-order valence-corrected chi connectivity index (χ3v) is 3.44. The van der Waals surface area contributed by atoms with Gasteiger partial charge in [-0.3, -0.25) is 9.59 Å². The van der Waals surface area contributed by atoms with Gasteiger partial charge in [0, 0.05) is 6.20 Å². The Morgan fingerprint density at radius 3 is 2.64 bits per heavy atom. The highest BCUT2D eigenvalue weighted by molar-refractivity contribution is 5.98. The van der Waals surface area contributed by atoms with E-state index < -0.39 is 30.6 Å². The molecule has 2 amide bonds. The molecule has 2 heterocycles. The Hall–Kier alpha value is -3.43. The highest BCUT2D eigenvalue weighted by Gasteiger charge is 2.28. The number of aromatic nitrogens is 2. The molecule has 2 aromatic rings. The van der Waals surface area contributed by atoms with Gasteiger partial charge in [0.05, 0.1) is 12.2 Å². The van der Waals surface area contributed by atoms with Gasteiger partial charge in [0.1, 0.15) is 17.3 Å². The van der Waals surface area contributed by atoms with Crippen molar-refractivity contribution in [2.45, 2.75) is 19.1 Å². The molecule has 1 unspecified atom stereocenters. The maximum atomic E-state index is 12.3. The average Bonchev–Trinajstić information content (AvgIpc) is 2.66. The standard InChI is InChI=1S/C18H17F3N4O3/c1-3-16(26)25-15-8-12(6-7-22-15)11(2)24-17(27)14-5-4-13(9-23-14)28-10-18(19,20)21/h3-9,11H,1,10H2,2H3,(H,24,27)(H,22,25,26). The van der Waals surface area contributed by atoms with Crippen LogP contribution in [0.25, 0.3) is 0 Å². The molecule has 28 heavy (non-hydrogen) atoms. The summed E-state index contributed by atoms with van der Waals surface area (Å²) in [6, 6.07) is 5.30. The Morgan fingerprint density at radius 2 is 2.04 bits per heavy atom. The van der Waals surface area contributed by atoms with Crippen molar-refractivity contribution in [3.63, 3.8) is 0 Å². The number of pyridine rings is 2.